The summed E-state index contributed by atoms with van der Waals surface area (Å²) in [6.07, 6.45) is 0. The Balaban J connectivity index is 0.000000137. The first kappa shape index (κ1) is 57.6. The maximum absolute atomic E-state index is 9.76. The molecule has 0 aliphatic rings. The zero-order chi connectivity index (χ0) is 59.3. The standard InChI is InChI=1S/C42H28.C30H21BO2.C12H9Br.CH4/c1-2-12-29(13-3-1)32-16-10-17-33(26-32)34-18-11-19-35(28-34)41-37-20-6-8-22-39(37)42(40-23-9-7-21-38(40)41)36-25-24-30-14-4-5-15-31(30)27-36;32-31(33)24-11-7-10-22(19-24)29-25-12-3-5-14-27(25)30(28-15-6-4-13-26(28)29)23-17-16-20-8-1-2-9-21(20)18-23;13-12-8-4-7-11(9-12)10-5-2-1-3-6-10;/h1-28H;1-19,32-33H;1-9H;1H4. The zero-order valence-corrected chi connectivity index (χ0v) is 49.8. The van der Waals surface area contributed by atoms with Crippen molar-refractivity contribution >= 4 is 93.1 Å². The molecule has 0 aliphatic carbocycles. The van der Waals surface area contributed by atoms with Gasteiger partial charge in [0.15, 0.2) is 0 Å². The smallest absolute Gasteiger partial charge is 0.423 e. The van der Waals surface area contributed by atoms with E-state index in [2.05, 4.69) is 313 Å². The number of fused-ring (bicyclic) bond motifs is 6. The second-order valence-corrected chi connectivity index (χ2v) is 23.1. The molecule has 4 heteroatoms. The summed E-state index contributed by atoms with van der Waals surface area (Å²) in [6, 6.07) is 120. The summed E-state index contributed by atoms with van der Waals surface area (Å²) in [4.78, 5) is 0. The Morgan fingerprint density at radius 3 is 0.854 bits per heavy atom. The van der Waals surface area contributed by atoms with Crippen LogP contribution >= 0.6 is 15.9 Å². The summed E-state index contributed by atoms with van der Waals surface area (Å²) in [5.74, 6) is 0. The van der Waals surface area contributed by atoms with Gasteiger partial charge in [-0.05, 0) is 184 Å². The summed E-state index contributed by atoms with van der Waals surface area (Å²) in [6.45, 7) is 0. The third kappa shape index (κ3) is 11.8. The molecule has 0 atom stereocenters. The molecule has 89 heavy (non-hydrogen) atoms. The van der Waals surface area contributed by atoms with Gasteiger partial charge in [-0.15, -0.1) is 0 Å². The Bertz CT molecular complexity index is 5100. The van der Waals surface area contributed by atoms with Crippen molar-refractivity contribution in [2.45, 2.75) is 7.43 Å². The van der Waals surface area contributed by atoms with Crippen molar-refractivity contribution in [1.82, 2.24) is 0 Å². The Morgan fingerprint density at radius 1 is 0.202 bits per heavy atom. The minimum absolute atomic E-state index is 0. The van der Waals surface area contributed by atoms with Gasteiger partial charge in [0.1, 0.15) is 0 Å². The van der Waals surface area contributed by atoms with Crippen LogP contribution in [0.3, 0.4) is 0 Å². The normalized spacial score (nSPS) is 11.0. The summed E-state index contributed by atoms with van der Waals surface area (Å²) < 4.78 is 1.12. The molecule has 0 saturated heterocycles. The van der Waals surface area contributed by atoms with Crippen LogP contribution in [0.15, 0.2) is 344 Å². The molecule has 0 aliphatic heterocycles. The molecule has 0 spiro atoms. The monoisotopic (exact) mass is 1200 g/mol. The van der Waals surface area contributed by atoms with Gasteiger partial charge in [0, 0.05) is 4.47 Å². The highest BCUT2D eigenvalue weighted by Gasteiger charge is 2.20. The van der Waals surface area contributed by atoms with Gasteiger partial charge in [0.25, 0.3) is 0 Å². The average Bonchev–Trinajstić information content (AvgIpc) is 2.12. The number of halogens is 1. The predicted molar refractivity (Wildman–Crippen MR) is 387 cm³/mol. The largest absolute Gasteiger partial charge is 0.488 e. The van der Waals surface area contributed by atoms with Crippen LogP contribution in [0, 0.1) is 0 Å². The average molecular weight is 1210 g/mol. The molecule has 0 aromatic heterocycles. The van der Waals surface area contributed by atoms with E-state index in [4.69, 9.17) is 0 Å². The first-order chi connectivity index (χ1) is 43.4. The minimum atomic E-state index is -1.50. The van der Waals surface area contributed by atoms with Crippen LogP contribution in [0.25, 0.3) is 143 Å². The lowest BCUT2D eigenvalue weighted by molar-refractivity contribution is 0.426. The van der Waals surface area contributed by atoms with E-state index in [1.807, 2.05) is 36.4 Å². The number of hydrogen-bond acceptors (Lipinski definition) is 2. The van der Waals surface area contributed by atoms with Gasteiger partial charge >= 0.3 is 7.12 Å². The van der Waals surface area contributed by atoms with Gasteiger partial charge in [0.05, 0.1) is 0 Å². The molecular formula is C85H62BBrO2. The van der Waals surface area contributed by atoms with Crippen molar-refractivity contribution in [3.63, 3.8) is 0 Å². The van der Waals surface area contributed by atoms with Crippen LogP contribution in [-0.2, 0) is 0 Å². The van der Waals surface area contributed by atoms with Crippen molar-refractivity contribution < 1.29 is 10.0 Å². The topological polar surface area (TPSA) is 40.5 Å². The highest BCUT2D eigenvalue weighted by Crippen LogP contribution is 2.46. The SMILES string of the molecule is Brc1cccc(-c2ccccc2)c1.C.OB(O)c1cccc(-c2c3ccccc3c(-c3ccc4ccccc4c3)c3ccccc23)c1.c1ccc(-c2cccc(-c3cccc(-c4c5ccccc5c(-c5ccc6ccccc6c5)c5ccccc45)c3)c2)cc1. The Hall–Kier alpha value is -10.5. The number of hydrogen-bond donors (Lipinski definition) is 2. The Labute approximate surface area is 529 Å². The van der Waals surface area contributed by atoms with E-state index in [9.17, 15) is 10.0 Å². The summed E-state index contributed by atoms with van der Waals surface area (Å²) >= 11 is 3.46. The van der Waals surface area contributed by atoms with Gasteiger partial charge in [0.2, 0.25) is 0 Å². The molecule has 0 amide bonds. The zero-order valence-electron chi connectivity index (χ0n) is 48.2. The van der Waals surface area contributed by atoms with Crippen LogP contribution in [0.2, 0.25) is 0 Å². The van der Waals surface area contributed by atoms with Crippen molar-refractivity contribution in [3.8, 4) is 77.9 Å². The maximum atomic E-state index is 9.76. The Morgan fingerprint density at radius 2 is 0.472 bits per heavy atom. The van der Waals surface area contributed by atoms with E-state index >= 15 is 0 Å². The molecule has 424 valence electrons. The van der Waals surface area contributed by atoms with Gasteiger partial charge in [-0.2, -0.15) is 0 Å². The van der Waals surface area contributed by atoms with E-state index in [0.717, 1.165) is 26.4 Å². The van der Waals surface area contributed by atoms with Gasteiger partial charge < -0.3 is 10.0 Å². The van der Waals surface area contributed by atoms with Crippen molar-refractivity contribution in [1.29, 1.82) is 0 Å². The molecule has 2 N–H and O–H groups in total. The fourth-order valence-electron chi connectivity index (χ4n) is 12.7. The quantitative estimate of drug-likeness (QED) is 0.118. The van der Waals surface area contributed by atoms with Crippen LogP contribution in [-0.4, -0.2) is 17.2 Å². The lowest BCUT2D eigenvalue weighted by atomic mass is 9.78. The van der Waals surface area contributed by atoms with Crippen molar-refractivity contribution in [3.05, 3.63) is 344 Å². The second kappa shape index (κ2) is 25.9. The van der Waals surface area contributed by atoms with E-state index in [-0.39, 0.29) is 7.43 Å². The molecule has 0 radical (unpaired) electrons. The van der Waals surface area contributed by atoms with E-state index in [1.54, 1.807) is 6.07 Å². The first-order valence-corrected chi connectivity index (χ1v) is 30.6. The van der Waals surface area contributed by atoms with Crippen molar-refractivity contribution in [2.75, 3.05) is 0 Å². The third-order valence-electron chi connectivity index (χ3n) is 16.8. The number of benzene rings is 16. The van der Waals surface area contributed by atoms with Crippen LogP contribution in [0.5, 0.6) is 0 Å². The summed E-state index contributed by atoms with van der Waals surface area (Å²) in [5, 5.41) is 34.2. The summed E-state index contributed by atoms with van der Waals surface area (Å²) in [7, 11) is -1.50. The van der Waals surface area contributed by atoms with Crippen LogP contribution in [0.4, 0.5) is 0 Å². The predicted octanol–water partition coefficient (Wildman–Crippen LogP) is 22.7. The summed E-state index contributed by atoms with van der Waals surface area (Å²) in [5.41, 5.74) is 17.4. The molecule has 0 fully saturated rings. The first-order valence-electron chi connectivity index (χ1n) is 29.8. The van der Waals surface area contributed by atoms with E-state index < -0.39 is 7.12 Å². The van der Waals surface area contributed by atoms with Gasteiger partial charge in [-0.1, -0.05) is 327 Å². The third-order valence-corrected chi connectivity index (χ3v) is 17.3. The molecule has 0 bridgehead atoms. The van der Waals surface area contributed by atoms with Gasteiger partial charge in [-0.25, -0.2) is 0 Å². The van der Waals surface area contributed by atoms with Crippen molar-refractivity contribution in [2.24, 2.45) is 0 Å². The molecule has 0 unspecified atom stereocenters. The van der Waals surface area contributed by atoms with Gasteiger partial charge in [-0.3, -0.25) is 0 Å². The van der Waals surface area contributed by atoms with E-state index in [0.29, 0.717) is 5.46 Å². The van der Waals surface area contributed by atoms with E-state index in [1.165, 1.54) is 121 Å². The molecule has 2 nitrogen and oxygen atoms in total. The Kier molecular flexibility index (Phi) is 16.7. The molecule has 16 aromatic rings. The highest BCUT2D eigenvalue weighted by atomic mass is 79.9. The molecule has 0 saturated carbocycles. The fourth-order valence-corrected chi connectivity index (χ4v) is 13.1. The maximum Gasteiger partial charge on any atom is 0.488 e. The lowest BCUT2D eigenvalue weighted by Crippen LogP contribution is -2.29. The fraction of sp³-hybridized carbons (Fsp3) is 0.0118. The highest BCUT2D eigenvalue weighted by molar-refractivity contribution is 9.10. The minimum Gasteiger partial charge on any atom is -0.423 e. The van der Waals surface area contributed by atoms with Crippen LogP contribution < -0.4 is 5.46 Å². The molecule has 0 heterocycles. The molecule has 16 rings (SSSR count). The molecule has 16 aromatic carbocycles. The lowest BCUT2D eigenvalue weighted by Gasteiger charge is -2.18. The number of rotatable bonds is 8. The second-order valence-electron chi connectivity index (χ2n) is 22.2. The van der Waals surface area contributed by atoms with Crippen LogP contribution in [0.1, 0.15) is 7.43 Å². The molecular weight excluding hydrogens is 1140 g/mol.